The molecule has 0 atom stereocenters. The van der Waals surface area contributed by atoms with Crippen molar-refractivity contribution in [3.63, 3.8) is 0 Å². The number of rotatable bonds is 3. The number of nitrogens with two attached hydrogens (primary N) is 1. The molecule has 0 aliphatic rings. The summed E-state index contributed by atoms with van der Waals surface area (Å²) in [5, 5.41) is 0. The van der Waals surface area contributed by atoms with Gasteiger partial charge in [-0.3, -0.25) is 4.79 Å². The first-order chi connectivity index (χ1) is 4.31. The summed E-state index contributed by atoms with van der Waals surface area (Å²) < 4.78 is 4.60. The van der Waals surface area contributed by atoms with Crippen molar-refractivity contribution in [2.45, 2.75) is 13.3 Å². The average Bonchev–Trinajstić information content (AvgIpc) is 1.85. The summed E-state index contributed by atoms with van der Waals surface area (Å²) in [6.45, 7) is 2.20. The molecule has 0 fully saturated rings. The minimum Gasteiger partial charge on any atom is -0.466 e. The third-order valence-electron chi connectivity index (χ3n) is 0.726. The first-order valence-electron chi connectivity index (χ1n) is 2.83. The van der Waals surface area contributed by atoms with Gasteiger partial charge in [0.05, 0.1) is 13.0 Å². The van der Waals surface area contributed by atoms with Crippen LogP contribution in [-0.4, -0.2) is 12.6 Å². The molecule has 2 N–H and O–H groups in total. The van der Waals surface area contributed by atoms with Crippen molar-refractivity contribution in [1.82, 2.24) is 0 Å². The highest BCUT2D eigenvalue weighted by Gasteiger charge is 1.94. The third kappa shape index (κ3) is 4.87. The first-order valence-corrected chi connectivity index (χ1v) is 2.83. The Hall–Kier alpha value is -0.990. The van der Waals surface area contributed by atoms with Crippen LogP contribution < -0.4 is 5.73 Å². The van der Waals surface area contributed by atoms with E-state index < -0.39 is 0 Å². The van der Waals surface area contributed by atoms with Crippen molar-refractivity contribution in [1.29, 1.82) is 0 Å². The number of hydrogen-bond acceptors (Lipinski definition) is 3. The van der Waals surface area contributed by atoms with Gasteiger partial charge in [0.15, 0.2) is 0 Å². The molecule has 0 bridgehead atoms. The van der Waals surface area contributed by atoms with Crippen molar-refractivity contribution in [2.24, 2.45) is 5.73 Å². The quantitative estimate of drug-likeness (QED) is 0.561. The fourth-order valence-electron chi connectivity index (χ4n) is 0.384. The van der Waals surface area contributed by atoms with Crippen molar-refractivity contribution in [3.05, 3.63) is 12.3 Å². The number of carbonyl (C=O) groups is 1. The van der Waals surface area contributed by atoms with E-state index in [2.05, 4.69) is 4.74 Å². The van der Waals surface area contributed by atoms with Gasteiger partial charge in [0.2, 0.25) is 0 Å². The molecule has 0 heterocycles. The molecule has 52 valence electrons. The van der Waals surface area contributed by atoms with E-state index >= 15 is 0 Å². The standard InChI is InChI=1S/C6H11NO2/c1-2-9-6(8)4-3-5-7/h3,5H,2,4,7H2,1H3/b5-3-. The Bertz CT molecular complexity index is 110. The molecule has 0 aromatic carbocycles. The molecular weight excluding hydrogens is 118 g/mol. The molecule has 3 nitrogen and oxygen atoms in total. The normalized spacial score (nSPS) is 9.89. The fraction of sp³-hybridized carbons (Fsp3) is 0.500. The van der Waals surface area contributed by atoms with Crippen molar-refractivity contribution >= 4 is 5.97 Å². The molecule has 0 saturated heterocycles. The Morgan fingerprint density at radius 1 is 1.78 bits per heavy atom. The minimum absolute atomic E-state index is 0.237. The van der Waals surface area contributed by atoms with Crippen LogP contribution in [0.25, 0.3) is 0 Å². The van der Waals surface area contributed by atoms with Crippen LogP contribution in [0, 0.1) is 0 Å². The van der Waals surface area contributed by atoms with Crippen molar-refractivity contribution in [3.8, 4) is 0 Å². The Morgan fingerprint density at radius 2 is 2.44 bits per heavy atom. The van der Waals surface area contributed by atoms with Crippen molar-refractivity contribution in [2.75, 3.05) is 6.61 Å². The van der Waals surface area contributed by atoms with E-state index in [1.807, 2.05) is 0 Å². The first kappa shape index (κ1) is 8.01. The highest BCUT2D eigenvalue weighted by molar-refractivity contribution is 5.70. The van der Waals surface area contributed by atoms with Crippen LogP contribution in [0.4, 0.5) is 0 Å². The van der Waals surface area contributed by atoms with Crippen LogP contribution in [-0.2, 0) is 9.53 Å². The van der Waals surface area contributed by atoms with Crippen LogP contribution in [0.1, 0.15) is 13.3 Å². The molecule has 0 aromatic rings. The molecule has 0 aliphatic heterocycles. The van der Waals surface area contributed by atoms with E-state index in [4.69, 9.17) is 5.73 Å². The lowest BCUT2D eigenvalue weighted by Gasteiger charge is -1.95. The SMILES string of the molecule is CCOC(=O)C/C=C\N. The maximum atomic E-state index is 10.5. The Kier molecular flexibility index (Phi) is 4.59. The largest absolute Gasteiger partial charge is 0.466 e. The minimum atomic E-state index is -0.237. The van der Waals surface area contributed by atoms with Gasteiger partial charge in [-0.05, 0) is 13.1 Å². The smallest absolute Gasteiger partial charge is 0.309 e. The lowest BCUT2D eigenvalue weighted by atomic mass is 10.4. The molecule has 0 unspecified atom stereocenters. The zero-order valence-corrected chi connectivity index (χ0v) is 5.46. The second-order valence-corrected chi connectivity index (χ2v) is 1.44. The van der Waals surface area contributed by atoms with Crippen LogP contribution >= 0.6 is 0 Å². The van der Waals surface area contributed by atoms with Crippen molar-refractivity contribution < 1.29 is 9.53 Å². The molecule has 0 aliphatic carbocycles. The zero-order chi connectivity index (χ0) is 7.11. The summed E-state index contributed by atoms with van der Waals surface area (Å²) >= 11 is 0. The molecule has 0 saturated carbocycles. The summed E-state index contributed by atoms with van der Waals surface area (Å²) in [7, 11) is 0. The van der Waals surface area contributed by atoms with Gasteiger partial charge in [-0.15, -0.1) is 0 Å². The van der Waals surface area contributed by atoms with E-state index in [-0.39, 0.29) is 12.4 Å². The molecule has 0 rings (SSSR count). The van der Waals surface area contributed by atoms with Gasteiger partial charge >= 0.3 is 5.97 Å². The molecule has 3 heteroatoms. The van der Waals surface area contributed by atoms with E-state index in [1.165, 1.54) is 6.20 Å². The number of ether oxygens (including phenoxy) is 1. The summed E-state index contributed by atoms with van der Waals surface area (Å²) in [5.41, 5.74) is 4.98. The van der Waals surface area contributed by atoms with Gasteiger partial charge < -0.3 is 10.5 Å². The summed E-state index contributed by atoms with van der Waals surface area (Å²) in [6, 6.07) is 0. The van der Waals surface area contributed by atoms with Crippen LogP contribution in [0.2, 0.25) is 0 Å². The third-order valence-corrected chi connectivity index (χ3v) is 0.726. The van der Waals surface area contributed by atoms with E-state index in [0.717, 1.165) is 0 Å². The molecular formula is C6H11NO2. The summed E-state index contributed by atoms with van der Waals surface area (Å²) in [4.78, 5) is 10.5. The molecule has 0 radical (unpaired) electrons. The summed E-state index contributed by atoms with van der Waals surface area (Å²) in [6.07, 6.45) is 3.15. The predicted molar refractivity (Wildman–Crippen MR) is 34.6 cm³/mol. The molecule has 0 amide bonds. The average molecular weight is 129 g/mol. The van der Waals surface area contributed by atoms with Crippen LogP contribution in [0.15, 0.2) is 12.3 Å². The van der Waals surface area contributed by atoms with Gasteiger partial charge in [-0.25, -0.2) is 0 Å². The van der Waals surface area contributed by atoms with E-state index in [9.17, 15) is 4.79 Å². The number of hydrogen-bond donors (Lipinski definition) is 1. The highest BCUT2D eigenvalue weighted by atomic mass is 16.5. The molecule has 0 aromatic heterocycles. The number of esters is 1. The monoisotopic (exact) mass is 129 g/mol. The Balaban J connectivity index is 3.27. The Morgan fingerprint density at radius 3 is 2.89 bits per heavy atom. The maximum Gasteiger partial charge on any atom is 0.309 e. The predicted octanol–water partition coefficient (Wildman–Crippen LogP) is 0.412. The molecule has 9 heavy (non-hydrogen) atoms. The van der Waals surface area contributed by atoms with E-state index in [0.29, 0.717) is 6.61 Å². The van der Waals surface area contributed by atoms with Gasteiger partial charge in [-0.1, -0.05) is 6.08 Å². The second-order valence-electron chi connectivity index (χ2n) is 1.44. The highest BCUT2D eigenvalue weighted by Crippen LogP contribution is 1.85. The number of carbonyl (C=O) groups excluding carboxylic acids is 1. The fourth-order valence-corrected chi connectivity index (χ4v) is 0.384. The van der Waals surface area contributed by atoms with Gasteiger partial charge in [-0.2, -0.15) is 0 Å². The Labute approximate surface area is 54.5 Å². The van der Waals surface area contributed by atoms with Gasteiger partial charge in [0.25, 0.3) is 0 Å². The topological polar surface area (TPSA) is 52.3 Å². The zero-order valence-electron chi connectivity index (χ0n) is 5.46. The second kappa shape index (κ2) is 5.15. The molecule has 0 spiro atoms. The maximum absolute atomic E-state index is 10.5. The lowest BCUT2D eigenvalue weighted by molar-refractivity contribution is -0.142. The van der Waals surface area contributed by atoms with Crippen LogP contribution in [0.5, 0.6) is 0 Å². The van der Waals surface area contributed by atoms with E-state index in [1.54, 1.807) is 13.0 Å². The van der Waals surface area contributed by atoms with Gasteiger partial charge in [0.1, 0.15) is 0 Å². The summed E-state index contributed by atoms with van der Waals surface area (Å²) in [5.74, 6) is -0.237. The lowest BCUT2D eigenvalue weighted by Crippen LogP contribution is -2.01. The van der Waals surface area contributed by atoms with Crippen LogP contribution in [0.3, 0.4) is 0 Å². The van der Waals surface area contributed by atoms with Gasteiger partial charge in [0, 0.05) is 0 Å².